The van der Waals surface area contributed by atoms with Crippen LogP contribution in [0.2, 0.25) is 0 Å². The van der Waals surface area contributed by atoms with Crippen molar-refractivity contribution in [1.82, 2.24) is 0 Å². The smallest absolute Gasteiger partial charge is 0.334 e. The van der Waals surface area contributed by atoms with Crippen LogP contribution >= 0.6 is 17.2 Å². The van der Waals surface area contributed by atoms with E-state index in [1.807, 2.05) is 12.2 Å². The van der Waals surface area contributed by atoms with Crippen molar-refractivity contribution in [2.45, 2.75) is 109 Å². The van der Waals surface area contributed by atoms with Crippen LogP contribution in [0.1, 0.15) is 104 Å². The molecule has 0 aromatic carbocycles. The Morgan fingerprint density at radius 2 is 0.944 bits per heavy atom. The minimum absolute atomic E-state index is 0.310. The Morgan fingerprint density at radius 1 is 0.583 bits per heavy atom. The highest BCUT2D eigenvalue weighted by atomic mass is 31.2. The van der Waals surface area contributed by atoms with E-state index in [0.717, 1.165) is 25.7 Å². The fourth-order valence-electron chi connectivity index (χ4n) is 3.70. The lowest BCUT2D eigenvalue weighted by Gasteiger charge is -2.43. The zero-order valence-corrected chi connectivity index (χ0v) is 24.0. The third-order valence-electron chi connectivity index (χ3n) is 6.23. The van der Waals surface area contributed by atoms with Crippen molar-refractivity contribution >= 4 is 17.2 Å². The predicted octanol–water partition coefficient (Wildman–Crippen LogP) is 4.72. The lowest BCUT2D eigenvalue weighted by molar-refractivity contribution is -0.150. The van der Waals surface area contributed by atoms with Crippen LogP contribution in [-0.2, 0) is 4.31 Å². The van der Waals surface area contributed by atoms with Crippen LogP contribution in [0.5, 0.6) is 0 Å². The average Bonchev–Trinajstić information content (AvgIpc) is 2.83. The van der Waals surface area contributed by atoms with Crippen molar-refractivity contribution in [2.75, 3.05) is 19.8 Å². The molecule has 9 nitrogen and oxygen atoms in total. The van der Waals surface area contributed by atoms with Crippen molar-refractivity contribution < 1.29 is 44.3 Å². The summed E-state index contributed by atoms with van der Waals surface area (Å²) in [6, 6.07) is 0. The van der Waals surface area contributed by atoms with Gasteiger partial charge in [0.2, 0.25) is 0 Å². The maximum atomic E-state index is 11.3. The summed E-state index contributed by atoms with van der Waals surface area (Å²) in [6.45, 7) is 3.05. The first-order valence-corrected chi connectivity index (χ1v) is 15.4. The largest absolute Gasteiger partial charge is 0.395 e. The van der Waals surface area contributed by atoms with E-state index in [0.29, 0.717) is 12.8 Å². The van der Waals surface area contributed by atoms with Crippen molar-refractivity contribution in [3.8, 4) is 0 Å². The molecule has 0 aliphatic rings. The first-order chi connectivity index (χ1) is 17.2. The summed E-state index contributed by atoms with van der Waals surface area (Å²) < 4.78 is 3.60. The summed E-state index contributed by atoms with van der Waals surface area (Å²) in [7, 11) is -5.22. The SMILES string of the molecule is CCCCCCCC=CCC(O)(CC=CCCCCCCC)C(CO)(CO)CO.OP(O)OP(O)O. The Hall–Kier alpha value is -0.0200. The third kappa shape index (κ3) is 19.1. The van der Waals surface area contributed by atoms with Gasteiger partial charge in [0.15, 0.2) is 0 Å². The van der Waals surface area contributed by atoms with Gasteiger partial charge in [-0.15, -0.1) is 0 Å². The maximum absolute atomic E-state index is 11.3. The second-order valence-electron chi connectivity index (χ2n) is 9.13. The molecule has 0 bridgehead atoms. The van der Waals surface area contributed by atoms with Gasteiger partial charge in [-0.05, 0) is 38.5 Å². The van der Waals surface area contributed by atoms with E-state index >= 15 is 0 Å². The summed E-state index contributed by atoms with van der Waals surface area (Å²) in [5.74, 6) is 0. The summed E-state index contributed by atoms with van der Waals surface area (Å²) in [5, 5.41) is 40.8. The van der Waals surface area contributed by atoms with E-state index in [4.69, 9.17) is 19.6 Å². The van der Waals surface area contributed by atoms with Gasteiger partial charge in [0.1, 0.15) is 0 Å². The number of aliphatic hydroxyl groups excluding tert-OH is 3. The molecule has 11 heteroatoms. The topological polar surface area (TPSA) is 171 Å². The monoisotopic (exact) mass is 558 g/mol. The van der Waals surface area contributed by atoms with Gasteiger partial charge in [-0.25, -0.2) is 4.31 Å². The van der Waals surface area contributed by atoms with Crippen molar-refractivity contribution in [1.29, 1.82) is 0 Å². The zero-order valence-electron chi connectivity index (χ0n) is 22.2. The number of hydrogen-bond donors (Lipinski definition) is 8. The molecule has 0 spiro atoms. The lowest BCUT2D eigenvalue weighted by Crippen LogP contribution is -2.55. The highest BCUT2D eigenvalue weighted by molar-refractivity contribution is 7.53. The van der Waals surface area contributed by atoms with Gasteiger partial charge < -0.3 is 40.0 Å². The molecule has 0 unspecified atom stereocenters. The van der Waals surface area contributed by atoms with E-state index in [1.165, 1.54) is 51.4 Å². The third-order valence-corrected chi connectivity index (χ3v) is 7.40. The Labute approximate surface area is 220 Å². The molecule has 0 saturated carbocycles. The summed E-state index contributed by atoms with van der Waals surface area (Å²) in [5.41, 5.74) is -2.69. The van der Waals surface area contributed by atoms with Crippen molar-refractivity contribution in [3.05, 3.63) is 24.3 Å². The van der Waals surface area contributed by atoms with Crippen LogP contribution in [0, 0.1) is 5.41 Å². The minimum Gasteiger partial charge on any atom is -0.395 e. The Bertz CT molecular complexity index is 487. The highest BCUT2D eigenvalue weighted by Gasteiger charge is 2.48. The molecule has 8 N–H and O–H groups in total. The second-order valence-corrected chi connectivity index (χ2v) is 10.8. The molecule has 0 fully saturated rings. The molecular formula is C25H52O9P2. The molecule has 0 rings (SSSR count). The summed E-state index contributed by atoms with van der Waals surface area (Å²) in [6.07, 6.45) is 22.9. The first kappa shape index (κ1) is 38.1. The molecule has 0 heterocycles. The minimum atomic E-state index is -2.61. The number of aliphatic hydroxyl groups is 4. The van der Waals surface area contributed by atoms with Crippen molar-refractivity contribution in [3.63, 3.8) is 0 Å². The van der Waals surface area contributed by atoms with Gasteiger partial charge in [-0.2, -0.15) is 0 Å². The zero-order chi connectivity index (χ0) is 27.7. The molecule has 0 aromatic heterocycles. The molecule has 0 aromatic rings. The molecular weight excluding hydrogens is 506 g/mol. The summed E-state index contributed by atoms with van der Waals surface area (Å²) in [4.78, 5) is 31.3. The lowest BCUT2D eigenvalue weighted by atomic mass is 9.69. The van der Waals surface area contributed by atoms with Crippen LogP contribution in [0.4, 0.5) is 0 Å². The van der Waals surface area contributed by atoms with Gasteiger partial charge in [0.05, 0.1) is 30.8 Å². The normalized spacial score (nSPS) is 14.1. The van der Waals surface area contributed by atoms with Gasteiger partial charge in [-0.3, -0.25) is 0 Å². The predicted molar refractivity (Wildman–Crippen MR) is 147 cm³/mol. The van der Waals surface area contributed by atoms with Gasteiger partial charge >= 0.3 is 17.2 Å². The van der Waals surface area contributed by atoms with Crippen LogP contribution in [0.25, 0.3) is 0 Å². The van der Waals surface area contributed by atoms with E-state index in [2.05, 4.69) is 30.3 Å². The molecule has 0 aliphatic carbocycles. The fourth-order valence-corrected chi connectivity index (χ4v) is 4.22. The van der Waals surface area contributed by atoms with E-state index in [1.54, 1.807) is 0 Å². The first-order valence-electron chi connectivity index (χ1n) is 13.1. The molecule has 0 aliphatic heterocycles. The van der Waals surface area contributed by atoms with Crippen LogP contribution in [0.15, 0.2) is 24.3 Å². The molecule has 0 amide bonds. The number of allylic oxidation sites excluding steroid dienone is 2. The molecule has 216 valence electrons. The van der Waals surface area contributed by atoms with E-state index < -0.39 is 48.0 Å². The van der Waals surface area contributed by atoms with Crippen molar-refractivity contribution in [2.24, 2.45) is 5.41 Å². The van der Waals surface area contributed by atoms with Gasteiger partial charge in [0, 0.05) is 0 Å². The second kappa shape index (κ2) is 25.3. The maximum Gasteiger partial charge on any atom is 0.334 e. The van der Waals surface area contributed by atoms with Gasteiger partial charge in [-0.1, -0.05) is 89.5 Å². The van der Waals surface area contributed by atoms with Gasteiger partial charge in [0.25, 0.3) is 0 Å². The Morgan fingerprint density at radius 3 is 1.22 bits per heavy atom. The standard InChI is InChI=1S/C25H48O4.H4O5P2/c1-3-5-7-9-11-13-15-17-19-25(29,24(21-26,22-27)23-28)20-18-16-14-12-10-8-6-4-2;1-6(2)5-7(3)4/h15-18,26-29H,3-14,19-23H2,1-2H3;1-4H. The molecule has 0 radical (unpaired) electrons. The average molecular weight is 559 g/mol. The number of hydrogen-bond acceptors (Lipinski definition) is 9. The van der Waals surface area contributed by atoms with Crippen LogP contribution in [-0.4, -0.2) is 65.4 Å². The summed E-state index contributed by atoms with van der Waals surface area (Å²) >= 11 is 0. The quantitative estimate of drug-likeness (QED) is 0.0532. The number of rotatable bonds is 22. The number of unbranched alkanes of at least 4 members (excludes halogenated alkanes) is 10. The molecule has 0 atom stereocenters. The Kier molecular flexibility index (Phi) is 26.8. The fraction of sp³-hybridized carbons (Fsp3) is 0.840. The molecule has 0 saturated heterocycles. The van der Waals surface area contributed by atoms with E-state index in [-0.39, 0.29) is 0 Å². The van der Waals surface area contributed by atoms with Crippen LogP contribution < -0.4 is 0 Å². The van der Waals surface area contributed by atoms with E-state index in [9.17, 15) is 20.4 Å². The van der Waals surface area contributed by atoms with Crippen LogP contribution in [0.3, 0.4) is 0 Å². The highest BCUT2D eigenvalue weighted by Crippen LogP contribution is 2.41. The Balaban J connectivity index is 0. The molecule has 36 heavy (non-hydrogen) atoms.